The Hall–Kier alpha value is -1.13. The molecule has 0 saturated carbocycles. The van der Waals surface area contributed by atoms with Gasteiger partial charge in [-0.2, -0.15) is 0 Å². The summed E-state index contributed by atoms with van der Waals surface area (Å²) in [4.78, 5) is 8.29. The number of imidazole rings is 1. The van der Waals surface area contributed by atoms with Crippen molar-refractivity contribution >= 4 is 17.1 Å². The molecule has 1 N–H and O–H groups in total. The Bertz CT molecular complexity index is 469. The van der Waals surface area contributed by atoms with Crippen LogP contribution in [-0.4, -0.2) is 26.1 Å². The fourth-order valence-electron chi connectivity index (χ4n) is 1.58. The second kappa shape index (κ2) is 4.16. The molecule has 0 aliphatic carbocycles. The number of nitrogens with zero attached hydrogens (tertiary/aromatic N) is 3. The smallest absolute Gasteiger partial charge is 0.145 e. The van der Waals surface area contributed by atoms with Gasteiger partial charge in [0.15, 0.2) is 0 Å². The van der Waals surface area contributed by atoms with Gasteiger partial charge in [-0.25, -0.2) is 9.97 Å². The summed E-state index contributed by atoms with van der Waals surface area (Å²) in [5.41, 5.74) is 0.916. The van der Waals surface area contributed by atoms with Crippen molar-refractivity contribution in [2.75, 3.05) is 6.61 Å². The van der Waals surface area contributed by atoms with Crippen molar-refractivity contribution in [1.29, 1.82) is 0 Å². The van der Waals surface area contributed by atoms with Crippen LogP contribution in [0.1, 0.15) is 25.1 Å². The van der Waals surface area contributed by atoms with E-state index < -0.39 is 0 Å². The first-order chi connectivity index (χ1) is 7.22. The number of fused-ring (bicyclic) bond motifs is 1. The Balaban J connectivity index is 2.47. The van der Waals surface area contributed by atoms with Gasteiger partial charge in [0.1, 0.15) is 11.0 Å². The molecule has 80 valence electrons. The Morgan fingerprint density at radius 3 is 2.93 bits per heavy atom. The maximum Gasteiger partial charge on any atom is 0.145 e. The Morgan fingerprint density at radius 2 is 2.20 bits per heavy atom. The van der Waals surface area contributed by atoms with Crippen molar-refractivity contribution in [1.82, 2.24) is 14.4 Å². The van der Waals surface area contributed by atoms with Crippen molar-refractivity contribution in [2.45, 2.75) is 19.3 Å². The highest BCUT2D eigenvalue weighted by molar-refractivity contribution is 6.29. The Labute approximate surface area is 92.5 Å². The first-order valence-electron chi connectivity index (χ1n) is 4.81. The monoisotopic (exact) mass is 225 g/mol. The van der Waals surface area contributed by atoms with Gasteiger partial charge in [0.2, 0.25) is 0 Å². The molecular formula is C10H12ClN3O. The number of hydrogen-bond acceptors (Lipinski definition) is 3. The number of aliphatic hydroxyl groups is 1. The molecular weight excluding hydrogens is 214 g/mol. The minimum Gasteiger partial charge on any atom is -0.396 e. The number of aliphatic hydroxyl groups excluding tert-OH is 1. The van der Waals surface area contributed by atoms with Crippen LogP contribution >= 0.6 is 11.6 Å². The molecule has 0 radical (unpaired) electrons. The zero-order valence-corrected chi connectivity index (χ0v) is 9.15. The van der Waals surface area contributed by atoms with E-state index >= 15 is 0 Å². The molecule has 2 heterocycles. The third kappa shape index (κ3) is 1.96. The van der Waals surface area contributed by atoms with E-state index in [0.29, 0.717) is 11.6 Å². The molecule has 0 aliphatic heterocycles. The van der Waals surface area contributed by atoms with E-state index in [9.17, 15) is 0 Å². The summed E-state index contributed by atoms with van der Waals surface area (Å²) in [7, 11) is 0. The second-order valence-electron chi connectivity index (χ2n) is 3.53. The van der Waals surface area contributed by atoms with E-state index in [1.54, 1.807) is 18.6 Å². The average Bonchev–Trinajstić information content (AvgIpc) is 2.60. The summed E-state index contributed by atoms with van der Waals surface area (Å²) in [6, 6.07) is 0. The van der Waals surface area contributed by atoms with E-state index in [1.165, 1.54) is 0 Å². The van der Waals surface area contributed by atoms with Gasteiger partial charge in [0.25, 0.3) is 0 Å². The fourth-order valence-corrected chi connectivity index (χ4v) is 1.73. The van der Waals surface area contributed by atoms with E-state index in [-0.39, 0.29) is 12.5 Å². The largest absolute Gasteiger partial charge is 0.396 e. The Morgan fingerprint density at radius 1 is 1.47 bits per heavy atom. The molecule has 5 heteroatoms. The third-order valence-corrected chi connectivity index (χ3v) is 2.61. The number of hydrogen-bond donors (Lipinski definition) is 1. The first-order valence-corrected chi connectivity index (χ1v) is 5.19. The van der Waals surface area contributed by atoms with E-state index in [4.69, 9.17) is 16.7 Å². The number of halogens is 1. The molecule has 2 aromatic heterocycles. The molecule has 0 bridgehead atoms. The maximum absolute atomic E-state index is 8.89. The molecule has 0 aliphatic rings. The summed E-state index contributed by atoms with van der Waals surface area (Å²) in [5.74, 6) is 1.11. The zero-order chi connectivity index (χ0) is 10.8. The second-order valence-corrected chi connectivity index (χ2v) is 3.92. The van der Waals surface area contributed by atoms with E-state index in [0.717, 1.165) is 11.3 Å². The van der Waals surface area contributed by atoms with Crippen LogP contribution in [0.15, 0.2) is 18.6 Å². The summed E-state index contributed by atoms with van der Waals surface area (Å²) in [5, 5.41) is 9.33. The molecule has 0 unspecified atom stereocenters. The normalized spacial score (nSPS) is 13.3. The molecule has 15 heavy (non-hydrogen) atoms. The first kappa shape index (κ1) is 10.4. The molecule has 0 aromatic carbocycles. The lowest BCUT2D eigenvalue weighted by Crippen LogP contribution is -2.03. The lowest BCUT2D eigenvalue weighted by atomic mass is 10.1. The van der Waals surface area contributed by atoms with Crippen LogP contribution in [0.4, 0.5) is 0 Å². The van der Waals surface area contributed by atoms with Crippen LogP contribution in [0.5, 0.6) is 0 Å². The van der Waals surface area contributed by atoms with E-state index in [2.05, 4.69) is 9.97 Å². The van der Waals surface area contributed by atoms with Crippen LogP contribution in [0.2, 0.25) is 5.15 Å². The molecule has 1 atom stereocenters. The Kier molecular flexibility index (Phi) is 2.88. The van der Waals surface area contributed by atoms with Crippen molar-refractivity contribution < 1.29 is 5.11 Å². The van der Waals surface area contributed by atoms with Crippen molar-refractivity contribution in [3.63, 3.8) is 0 Å². The third-order valence-electron chi connectivity index (χ3n) is 2.41. The minimum atomic E-state index is 0.162. The average molecular weight is 226 g/mol. The zero-order valence-electron chi connectivity index (χ0n) is 8.39. The van der Waals surface area contributed by atoms with Crippen molar-refractivity contribution in [3.05, 3.63) is 29.6 Å². The summed E-state index contributed by atoms with van der Waals surface area (Å²) < 4.78 is 1.91. The van der Waals surface area contributed by atoms with Gasteiger partial charge in [-0.3, -0.25) is 4.40 Å². The highest BCUT2D eigenvalue weighted by atomic mass is 35.5. The number of aromatic nitrogens is 3. The predicted molar refractivity (Wildman–Crippen MR) is 58.1 cm³/mol. The quantitative estimate of drug-likeness (QED) is 0.868. The lowest BCUT2D eigenvalue weighted by Gasteiger charge is -2.08. The minimum absolute atomic E-state index is 0.162. The van der Waals surface area contributed by atoms with Gasteiger partial charge in [-0.05, 0) is 6.42 Å². The maximum atomic E-state index is 8.89. The molecule has 2 aromatic rings. The fraction of sp³-hybridized carbons (Fsp3) is 0.400. The summed E-state index contributed by atoms with van der Waals surface area (Å²) >= 11 is 5.82. The highest BCUT2D eigenvalue weighted by Gasteiger charge is 2.11. The van der Waals surface area contributed by atoms with Crippen LogP contribution in [-0.2, 0) is 0 Å². The van der Waals surface area contributed by atoms with Crippen LogP contribution in [0.25, 0.3) is 5.52 Å². The molecule has 0 spiro atoms. The van der Waals surface area contributed by atoms with Crippen molar-refractivity contribution in [3.8, 4) is 0 Å². The molecule has 0 fully saturated rings. The molecule has 0 saturated heterocycles. The van der Waals surface area contributed by atoms with Crippen LogP contribution < -0.4 is 0 Å². The van der Waals surface area contributed by atoms with E-state index in [1.807, 2.05) is 11.3 Å². The summed E-state index contributed by atoms with van der Waals surface area (Å²) in [6.45, 7) is 2.19. The molecule has 2 rings (SSSR count). The van der Waals surface area contributed by atoms with Crippen LogP contribution in [0, 0.1) is 0 Å². The lowest BCUT2D eigenvalue weighted by molar-refractivity contribution is 0.276. The van der Waals surface area contributed by atoms with Gasteiger partial charge in [-0.1, -0.05) is 18.5 Å². The molecule has 4 nitrogen and oxygen atoms in total. The van der Waals surface area contributed by atoms with Gasteiger partial charge < -0.3 is 5.11 Å². The van der Waals surface area contributed by atoms with Gasteiger partial charge in [-0.15, -0.1) is 0 Å². The standard InChI is InChI=1S/C10H12ClN3O/c1-7(2-3-15)10-13-5-8-4-12-9(11)6-14(8)10/h4-7,15H,2-3H2,1H3/t7-/m0/s1. The van der Waals surface area contributed by atoms with Crippen molar-refractivity contribution in [2.24, 2.45) is 0 Å². The SMILES string of the molecule is C[C@@H](CCO)c1ncc2cnc(Cl)cn12. The van der Waals surface area contributed by atoms with Gasteiger partial charge in [0.05, 0.1) is 17.9 Å². The van der Waals surface area contributed by atoms with Crippen LogP contribution in [0.3, 0.4) is 0 Å². The highest BCUT2D eigenvalue weighted by Crippen LogP contribution is 2.19. The van der Waals surface area contributed by atoms with Gasteiger partial charge >= 0.3 is 0 Å². The summed E-state index contributed by atoms with van der Waals surface area (Å²) in [6.07, 6.45) is 5.88. The number of rotatable bonds is 3. The van der Waals surface area contributed by atoms with Gasteiger partial charge in [0, 0.05) is 18.7 Å². The molecule has 0 amide bonds. The topological polar surface area (TPSA) is 50.4 Å². The predicted octanol–water partition coefficient (Wildman–Crippen LogP) is 1.87.